The van der Waals surface area contributed by atoms with Crippen molar-refractivity contribution in [2.24, 2.45) is 0 Å². The van der Waals surface area contributed by atoms with Gasteiger partial charge in [0.2, 0.25) is 5.91 Å². The summed E-state index contributed by atoms with van der Waals surface area (Å²) in [6.07, 6.45) is 6.43. The molecule has 0 unspecified atom stereocenters. The lowest BCUT2D eigenvalue weighted by molar-refractivity contribution is -0.116. The molecular weight excluding hydrogens is 505 g/mol. The molecule has 0 saturated carbocycles. The van der Waals surface area contributed by atoms with Crippen LogP contribution in [0.15, 0.2) is 70.4 Å². The molecule has 11 nitrogen and oxygen atoms in total. The lowest BCUT2D eigenvalue weighted by Crippen LogP contribution is -2.20. The van der Waals surface area contributed by atoms with Gasteiger partial charge in [0, 0.05) is 31.5 Å². The zero-order valence-corrected chi connectivity index (χ0v) is 20.8. The van der Waals surface area contributed by atoms with Crippen LogP contribution in [0.2, 0.25) is 0 Å². The van der Waals surface area contributed by atoms with E-state index in [0.29, 0.717) is 25.4 Å². The van der Waals surface area contributed by atoms with Crippen molar-refractivity contribution in [3.05, 3.63) is 77.9 Å². The molecule has 2 aromatic carbocycles. The van der Waals surface area contributed by atoms with Crippen molar-refractivity contribution in [1.29, 1.82) is 0 Å². The summed E-state index contributed by atoms with van der Waals surface area (Å²) in [5.41, 5.74) is 1.80. The fourth-order valence-corrected chi connectivity index (χ4v) is 4.61. The topological polar surface area (TPSA) is 138 Å². The zero-order valence-electron chi connectivity index (χ0n) is 20.0. The maximum absolute atomic E-state index is 14.1. The highest BCUT2D eigenvalue weighted by Gasteiger charge is 2.24. The minimum absolute atomic E-state index is 0.127. The Morgan fingerprint density at radius 2 is 2.03 bits per heavy atom. The van der Waals surface area contributed by atoms with Gasteiger partial charge in [0.15, 0.2) is 11.4 Å². The number of sulfonamides is 1. The van der Waals surface area contributed by atoms with Crippen LogP contribution >= 0.6 is 0 Å². The molecule has 0 fully saturated rings. The van der Waals surface area contributed by atoms with Crippen LogP contribution < -0.4 is 14.8 Å². The van der Waals surface area contributed by atoms with Crippen LogP contribution in [-0.4, -0.2) is 50.1 Å². The molecule has 194 valence electrons. The average molecular weight is 530 g/mol. The van der Waals surface area contributed by atoms with Crippen molar-refractivity contribution in [2.75, 3.05) is 25.5 Å². The quantitative estimate of drug-likeness (QED) is 0.283. The Morgan fingerprint density at radius 1 is 1.22 bits per heavy atom. The number of methoxy groups -OCH3 is 2. The van der Waals surface area contributed by atoms with Crippen molar-refractivity contribution in [2.45, 2.75) is 18.0 Å². The Kier molecular flexibility index (Phi) is 7.84. The minimum Gasteiger partial charge on any atom is -0.496 e. The van der Waals surface area contributed by atoms with Gasteiger partial charge in [0.1, 0.15) is 21.8 Å². The molecule has 0 aliphatic carbocycles. The van der Waals surface area contributed by atoms with Gasteiger partial charge >= 0.3 is 0 Å². The molecular formula is C24H24FN5O6S. The molecule has 4 rings (SSSR count). The maximum atomic E-state index is 14.1. The van der Waals surface area contributed by atoms with Crippen molar-refractivity contribution >= 4 is 32.7 Å². The van der Waals surface area contributed by atoms with Crippen LogP contribution in [0.5, 0.6) is 5.75 Å². The first-order valence-electron chi connectivity index (χ1n) is 11.0. The van der Waals surface area contributed by atoms with E-state index in [-0.39, 0.29) is 22.7 Å². The van der Waals surface area contributed by atoms with E-state index in [4.69, 9.17) is 14.0 Å². The predicted molar refractivity (Wildman–Crippen MR) is 132 cm³/mol. The fraction of sp³-hybridized carbons (Fsp3) is 0.208. The first-order valence-corrected chi connectivity index (χ1v) is 12.5. The number of fused-ring (bicyclic) bond motifs is 1. The van der Waals surface area contributed by atoms with E-state index in [1.54, 1.807) is 42.4 Å². The third-order valence-corrected chi connectivity index (χ3v) is 6.58. The van der Waals surface area contributed by atoms with E-state index in [9.17, 15) is 17.6 Å². The van der Waals surface area contributed by atoms with Crippen LogP contribution in [0.1, 0.15) is 11.1 Å². The molecule has 2 heterocycles. The molecule has 0 aliphatic rings. The highest BCUT2D eigenvalue weighted by Crippen LogP contribution is 2.35. The number of rotatable bonds is 11. The number of carbonyl (C=O) groups is 1. The highest BCUT2D eigenvalue weighted by atomic mass is 32.2. The molecule has 0 aliphatic heterocycles. The lowest BCUT2D eigenvalue weighted by atomic mass is 10.1. The Labute approximate surface area is 211 Å². The van der Waals surface area contributed by atoms with Crippen LogP contribution in [-0.2, 0) is 32.6 Å². The van der Waals surface area contributed by atoms with E-state index in [1.807, 2.05) is 0 Å². The second kappa shape index (κ2) is 11.2. The number of amides is 1. The normalized spacial score (nSPS) is 11.8. The number of nitrogens with zero attached hydrogens (tertiary/aromatic N) is 3. The number of anilines is 1. The minimum atomic E-state index is -4.26. The van der Waals surface area contributed by atoms with E-state index in [2.05, 4.69) is 20.3 Å². The molecule has 4 aromatic rings. The van der Waals surface area contributed by atoms with Gasteiger partial charge in [0.05, 0.1) is 26.5 Å². The zero-order chi connectivity index (χ0) is 26.4. The summed E-state index contributed by atoms with van der Waals surface area (Å²) in [4.78, 5) is 11.3. The number of hydrogen-bond donors (Lipinski definition) is 2. The van der Waals surface area contributed by atoms with E-state index in [0.717, 1.165) is 23.3 Å². The van der Waals surface area contributed by atoms with Gasteiger partial charge in [-0.05, 0) is 29.8 Å². The van der Waals surface area contributed by atoms with Gasteiger partial charge < -0.3 is 19.3 Å². The number of carbonyl (C=O) groups excluding carboxylic acids is 1. The van der Waals surface area contributed by atoms with E-state index < -0.39 is 20.7 Å². The van der Waals surface area contributed by atoms with Crippen LogP contribution in [0.4, 0.5) is 10.2 Å². The molecule has 0 saturated heterocycles. The second-order valence-corrected chi connectivity index (χ2v) is 9.51. The third-order valence-electron chi connectivity index (χ3n) is 5.21. The van der Waals surface area contributed by atoms with Gasteiger partial charge in [-0.2, -0.15) is 5.10 Å². The monoisotopic (exact) mass is 529 g/mol. The smallest absolute Gasteiger partial charge is 0.266 e. The van der Waals surface area contributed by atoms with Crippen LogP contribution in [0.3, 0.4) is 0 Å². The number of aromatic nitrogens is 3. The van der Waals surface area contributed by atoms with Crippen molar-refractivity contribution in [3.63, 3.8) is 0 Å². The molecule has 13 heteroatoms. The average Bonchev–Trinajstić information content (AvgIpc) is 3.49. The Hall–Kier alpha value is -4.23. The summed E-state index contributed by atoms with van der Waals surface area (Å²) >= 11 is 0. The third kappa shape index (κ3) is 6.13. The summed E-state index contributed by atoms with van der Waals surface area (Å²) in [5, 5.41) is 11.2. The molecule has 2 aromatic heterocycles. The van der Waals surface area contributed by atoms with E-state index >= 15 is 0 Å². The highest BCUT2D eigenvalue weighted by molar-refractivity contribution is 7.92. The SMILES string of the molecule is COC/C=C/C(=O)NCc1cnn(Cc2cc(OC)c3c(NS(=O)(=O)c4ccccc4F)noc3c2)c1. The number of halogens is 1. The molecule has 37 heavy (non-hydrogen) atoms. The molecule has 2 N–H and O–H groups in total. The summed E-state index contributed by atoms with van der Waals surface area (Å²) in [5.74, 6) is -0.953. The van der Waals surface area contributed by atoms with Gasteiger partial charge in [0.25, 0.3) is 10.0 Å². The maximum Gasteiger partial charge on any atom is 0.266 e. The summed E-state index contributed by atoms with van der Waals surface area (Å²) < 4.78 is 59.1. The van der Waals surface area contributed by atoms with Gasteiger partial charge in [-0.1, -0.05) is 23.4 Å². The second-order valence-electron chi connectivity index (χ2n) is 7.86. The summed E-state index contributed by atoms with van der Waals surface area (Å²) in [7, 11) is -1.29. The largest absolute Gasteiger partial charge is 0.496 e. The summed E-state index contributed by atoms with van der Waals surface area (Å²) in [6, 6.07) is 8.39. The Morgan fingerprint density at radius 3 is 2.78 bits per heavy atom. The van der Waals surface area contributed by atoms with Crippen LogP contribution in [0.25, 0.3) is 11.0 Å². The number of benzene rings is 2. The number of ether oxygens (including phenoxy) is 2. The summed E-state index contributed by atoms with van der Waals surface area (Å²) in [6.45, 7) is 0.987. The van der Waals surface area contributed by atoms with Gasteiger partial charge in [-0.3, -0.25) is 14.2 Å². The van der Waals surface area contributed by atoms with Gasteiger partial charge in [-0.15, -0.1) is 0 Å². The van der Waals surface area contributed by atoms with Crippen LogP contribution in [0, 0.1) is 5.82 Å². The molecule has 1 amide bonds. The standard InChI is InChI=1S/C24H24FN5O6S/c1-34-9-5-8-22(31)26-12-17-13-27-30(15-17)14-16-10-19(35-2)23-20(11-16)36-28-24(23)29-37(32,33)21-7-4-3-6-18(21)25/h3-8,10-11,13,15H,9,12,14H2,1-2H3,(H,26,31)(H,28,29)/b8-5+. The molecule has 0 spiro atoms. The number of hydrogen-bond acceptors (Lipinski definition) is 8. The van der Waals surface area contributed by atoms with Crippen molar-refractivity contribution in [3.8, 4) is 5.75 Å². The Bertz CT molecular complexity index is 1550. The van der Waals surface area contributed by atoms with Gasteiger partial charge in [-0.25, -0.2) is 12.8 Å². The number of nitrogens with one attached hydrogen (secondary N) is 2. The molecule has 0 atom stereocenters. The first-order chi connectivity index (χ1) is 17.8. The lowest BCUT2D eigenvalue weighted by Gasteiger charge is -2.09. The Balaban J connectivity index is 1.50. The van der Waals surface area contributed by atoms with Crippen molar-refractivity contribution < 1.29 is 31.6 Å². The first kappa shape index (κ1) is 25.9. The fourth-order valence-electron chi connectivity index (χ4n) is 3.53. The molecule has 0 radical (unpaired) electrons. The van der Waals surface area contributed by atoms with Crippen molar-refractivity contribution in [1.82, 2.24) is 20.3 Å². The predicted octanol–water partition coefficient (Wildman–Crippen LogP) is 2.84. The molecule has 0 bridgehead atoms. The van der Waals surface area contributed by atoms with E-state index in [1.165, 1.54) is 25.3 Å².